The fraction of sp³-hybridized carbons (Fsp3) is 0.429. The fourth-order valence-corrected chi connectivity index (χ4v) is 2.23. The minimum atomic E-state index is 0.0957. The van der Waals surface area contributed by atoms with Gasteiger partial charge in [-0.15, -0.1) is 4.98 Å². The molecule has 10 heteroatoms. The molecule has 166 valence electrons. The quantitative estimate of drug-likeness (QED) is 0.376. The first-order chi connectivity index (χ1) is 15.0. The van der Waals surface area contributed by atoms with Gasteiger partial charge in [0.1, 0.15) is 25.0 Å². The van der Waals surface area contributed by atoms with Crippen molar-refractivity contribution < 1.29 is 23.7 Å². The molecular weight excluding hydrogens is 402 g/mol. The van der Waals surface area contributed by atoms with Gasteiger partial charge in [-0.25, -0.2) is 0 Å². The Morgan fingerprint density at radius 2 is 1.81 bits per heavy atom. The third kappa shape index (κ3) is 8.46. The Morgan fingerprint density at radius 1 is 1.03 bits per heavy atom. The van der Waals surface area contributed by atoms with Crippen molar-refractivity contribution >= 4 is 11.6 Å². The summed E-state index contributed by atoms with van der Waals surface area (Å²) in [7, 11) is 3.06. The summed E-state index contributed by atoms with van der Waals surface area (Å²) < 4.78 is 26.6. The van der Waals surface area contributed by atoms with Crippen LogP contribution in [0.2, 0.25) is 0 Å². The molecule has 0 amide bonds. The molecule has 2 rings (SSSR count). The van der Waals surface area contributed by atoms with Gasteiger partial charge in [0.05, 0.1) is 32.5 Å². The molecule has 0 aliphatic carbocycles. The van der Waals surface area contributed by atoms with Crippen LogP contribution in [0.15, 0.2) is 29.8 Å². The lowest BCUT2D eigenvalue weighted by Gasteiger charge is -2.11. The topological polar surface area (TPSA) is 121 Å². The zero-order valence-electron chi connectivity index (χ0n) is 18.2. The maximum absolute atomic E-state index is 9.31. The fourth-order valence-electron chi connectivity index (χ4n) is 2.23. The molecule has 0 fully saturated rings. The molecule has 0 unspecified atom stereocenters. The summed E-state index contributed by atoms with van der Waals surface area (Å²) in [6.07, 6.45) is 1.93. The van der Waals surface area contributed by atoms with Gasteiger partial charge in [0.15, 0.2) is 0 Å². The predicted molar refractivity (Wildman–Crippen MR) is 114 cm³/mol. The number of hydrogen-bond acceptors (Lipinski definition) is 10. The highest BCUT2D eigenvalue weighted by Crippen LogP contribution is 2.25. The van der Waals surface area contributed by atoms with E-state index in [0.717, 1.165) is 5.57 Å². The molecule has 10 nitrogen and oxygen atoms in total. The Hall–Kier alpha value is -3.42. The number of allylic oxidation sites excluding steroid dienone is 1. The molecule has 0 saturated carbocycles. The van der Waals surface area contributed by atoms with Gasteiger partial charge in [-0.2, -0.15) is 15.2 Å². The zero-order chi connectivity index (χ0) is 22.5. The lowest BCUT2D eigenvalue weighted by molar-refractivity contribution is 0.0527. The molecule has 1 aromatic heterocycles. The number of anilines is 2. The summed E-state index contributed by atoms with van der Waals surface area (Å²) in [5, 5.41) is 12.4. The average Bonchev–Trinajstić information content (AvgIpc) is 2.76. The zero-order valence-corrected chi connectivity index (χ0v) is 18.2. The van der Waals surface area contributed by atoms with E-state index >= 15 is 0 Å². The number of aromatic nitrogens is 3. The van der Waals surface area contributed by atoms with Crippen LogP contribution in [0.25, 0.3) is 0 Å². The van der Waals surface area contributed by atoms with E-state index in [9.17, 15) is 5.26 Å². The summed E-state index contributed by atoms with van der Waals surface area (Å²) in [5.41, 5.74) is 2.19. The number of nitrogens with zero attached hydrogens (tertiary/aromatic N) is 4. The molecule has 0 aliphatic rings. The van der Waals surface area contributed by atoms with Crippen LogP contribution in [0, 0.1) is 11.3 Å². The summed E-state index contributed by atoms with van der Waals surface area (Å²) in [6, 6.07) is 7.41. The maximum atomic E-state index is 9.31. The Morgan fingerprint density at radius 3 is 2.52 bits per heavy atom. The van der Waals surface area contributed by atoms with Gasteiger partial charge in [0.25, 0.3) is 0 Å². The van der Waals surface area contributed by atoms with Gasteiger partial charge in [0, 0.05) is 18.9 Å². The molecule has 0 spiro atoms. The van der Waals surface area contributed by atoms with Crippen molar-refractivity contribution in [2.75, 3.05) is 52.6 Å². The molecule has 0 bridgehead atoms. The van der Waals surface area contributed by atoms with Gasteiger partial charge in [0.2, 0.25) is 5.95 Å². The Kier molecular flexibility index (Phi) is 10.0. The van der Waals surface area contributed by atoms with E-state index < -0.39 is 0 Å². The molecule has 1 N–H and O–H groups in total. The van der Waals surface area contributed by atoms with Crippen LogP contribution < -0.4 is 19.5 Å². The first-order valence-electron chi connectivity index (χ1n) is 9.62. The van der Waals surface area contributed by atoms with Crippen LogP contribution in [0.3, 0.4) is 0 Å². The predicted octanol–water partition coefficient (Wildman–Crippen LogP) is 2.88. The van der Waals surface area contributed by atoms with Crippen LogP contribution in [0.4, 0.5) is 11.6 Å². The lowest BCUT2D eigenvalue weighted by Crippen LogP contribution is -2.12. The third-order valence-electron chi connectivity index (χ3n) is 3.76. The van der Waals surface area contributed by atoms with Crippen molar-refractivity contribution in [1.29, 1.82) is 5.26 Å². The highest BCUT2D eigenvalue weighted by Gasteiger charge is 2.10. The normalized spacial score (nSPS) is 10.2. The average molecular weight is 429 g/mol. The minimum Gasteiger partial charge on any atom is -0.488 e. The monoisotopic (exact) mass is 429 g/mol. The van der Waals surface area contributed by atoms with E-state index in [0.29, 0.717) is 43.4 Å². The number of benzene rings is 1. The molecule has 0 saturated heterocycles. The third-order valence-corrected chi connectivity index (χ3v) is 3.76. The first kappa shape index (κ1) is 23.9. The largest absolute Gasteiger partial charge is 0.488 e. The van der Waals surface area contributed by atoms with E-state index in [4.69, 9.17) is 23.7 Å². The maximum Gasteiger partial charge on any atom is 0.324 e. The van der Waals surface area contributed by atoms with E-state index in [2.05, 4.69) is 26.3 Å². The summed E-state index contributed by atoms with van der Waals surface area (Å²) >= 11 is 0. The second-order valence-corrected chi connectivity index (χ2v) is 6.42. The standard InChI is InChI=1S/C21H27N5O5/c1-15(2)7-8-30-18-13-17(6-5-16(18)14-22)23-19-24-20(28-4)26-21(25-19)31-12-11-29-10-9-27-3/h5-7,13H,8-12H2,1-4H3,(H,23,24,25,26). The van der Waals surface area contributed by atoms with Gasteiger partial charge >= 0.3 is 12.0 Å². The molecule has 1 heterocycles. The number of nitriles is 1. The van der Waals surface area contributed by atoms with Crippen LogP contribution >= 0.6 is 0 Å². The Bertz CT molecular complexity index is 910. The minimum absolute atomic E-state index is 0.0957. The summed E-state index contributed by atoms with van der Waals surface area (Å²) in [4.78, 5) is 12.5. The van der Waals surface area contributed by atoms with E-state index in [1.165, 1.54) is 7.11 Å². The van der Waals surface area contributed by atoms with Crippen molar-refractivity contribution in [3.05, 3.63) is 35.4 Å². The molecule has 0 radical (unpaired) electrons. The van der Waals surface area contributed by atoms with Crippen LogP contribution in [-0.2, 0) is 9.47 Å². The van der Waals surface area contributed by atoms with Gasteiger partial charge in [-0.05, 0) is 32.1 Å². The van der Waals surface area contributed by atoms with Gasteiger partial charge in [-0.3, -0.25) is 0 Å². The van der Waals surface area contributed by atoms with Gasteiger partial charge < -0.3 is 29.0 Å². The van der Waals surface area contributed by atoms with Crippen molar-refractivity contribution in [3.63, 3.8) is 0 Å². The van der Waals surface area contributed by atoms with Crippen LogP contribution in [-0.4, -0.2) is 62.2 Å². The molecule has 2 aromatic rings. The molecular formula is C21H27N5O5. The highest BCUT2D eigenvalue weighted by atomic mass is 16.5. The Balaban J connectivity index is 2.08. The van der Waals surface area contributed by atoms with E-state index in [1.807, 2.05) is 19.9 Å². The number of nitrogens with one attached hydrogen (secondary N) is 1. The van der Waals surface area contributed by atoms with Crippen LogP contribution in [0.5, 0.6) is 17.8 Å². The second kappa shape index (κ2) is 13.0. The van der Waals surface area contributed by atoms with Gasteiger partial charge in [-0.1, -0.05) is 5.57 Å². The first-order valence-corrected chi connectivity index (χ1v) is 9.62. The molecule has 31 heavy (non-hydrogen) atoms. The molecule has 0 aliphatic heterocycles. The smallest absolute Gasteiger partial charge is 0.324 e. The van der Waals surface area contributed by atoms with Crippen molar-refractivity contribution in [2.24, 2.45) is 0 Å². The summed E-state index contributed by atoms with van der Waals surface area (Å²) in [5.74, 6) is 0.679. The van der Waals surface area contributed by atoms with Crippen LogP contribution in [0.1, 0.15) is 19.4 Å². The van der Waals surface area contributed by atoms with E-state index in [1.54, 1.807) is 25.3 Å². The lowest BCUT2D eigenvalue weighted by atomic mass is 10.2. The number of methoxy groups -OCH3 is 2. The molecule has 0 atom stereocenters. The van der Waals surface area contributed by atoms with Crippen molar-refractivity contribution in [2.45, 2.75) is 13.8 Å². The molecule has 1 aromatic carbocycles. The van der Waals surface area contributed by atoms with Crippen molar-refractivity contribution in [1.82, 2.24) is 15.0 Å². The Labute approximate surface area is 181 Å². The number of rotatable bonds is 13. The SMILES string of the molecule is COCCOCCOc1nc(Nc2ccc(C#N)c(OCC=C(C)C)c2)nc(OC)n1. The summed E-state index contributed by atoms with van der Waals surface area (Å²) in [6.45, 7) is 5.93. The number of hydrogen-bond donors (Lipinski definition) is 1. The van der Waals surface area contributed by atoms with E-state index in [-0.39, 0.29) is 24.6 Å². The second-order valence-electron chi connectivity index (χ2n) is 6.42. The highest BCUT2D eigenvalue weighted by molar-refractivity contribution is 5.60. The number of ether oxygens (including phenoxy) is 5. The van der Waals surface area contributed by atoms with Crippen molar-refractivity contribution in [3.8, 4) is 23.8 Å².